The fraction of sp³-hybridized carbons (Fsp3) is 0.176. The van der Waals surface area contributed by atoms with Crippen LogP contribution in [0.2, 0.25) is 0 Å². The van der Waals surface area contributed by atoms with Crippen LogP contribution in [-0.2, 0) is 4.79 Å². The number of likely N-dealkylation sites (N-methyl/N-ethyl adjacent to an activating group) is 1. The lowest BCUT2D eigenvalue weighted by Gasteiger charge is -2.21. The Morgan fingerprint density at radius 2 is 1.23 bits per heavy atom. The van der Waals surface area contributed by atoms with Gasteiger partial charge in [0.25, 0.3) is 0 Å². The van der Waals surface area contributed by atoms with E-state index in [1.54, 1.807) is 19.0 Å². The van der Waals surface area contributed by atoms with Crippen molar-refractivity contribution in [1.29, 1.82) is 0 Å². The van der Waals surface area contributed by atoms with Crippen molar-refractivity contribution in [3.05, 3.63) is 71.8 Å². The lowest BCUT2D eigenvalue weighted by Crippen LogP contribution is -2.28. The van der Waals surface area contributed by atoms with Crippen molar-refractivity contribution < 1.29 is 14.7 Å². The molecule has 0 saturated carbocycles. The molecule has 5 heteroatoms. The first-order chi connectivity index (χ1) is 10.4. The van der Waals surface area contributed by atoms with Gasteiger partial charge in [-0.15, -0.1) is 0 Å². The summed E-state index contributed by atoms with van der Waals surface area (Å²) in [5.74, 6) is -0.116. The van der Waals surface area contributed by atoms with Crippen molar-refractivity contribution in [1.82, 2.24) is 4.90 Å². The molecule has 2 aromatic rings. The summed E-state index contributed by atoms with van der Waals surface area (Å²) in [7, 11) is 3.59. The van der Waals surface area contributed by atoms with Gasteiger partial charge in [-0.05, 0) is 11.1 Å². The number of amides is 2. The van der Waals surface area contributed by atoms with Crippen LogP contribution in [-0.4, -0.2) is 36.1 Å². The van der Waals surface area contributed by atoms with Crippen molar-refractivity contribution in [2.45, 2.75) is 5.92 Å². The third kappa shape index (κ3) is 5.28. The van der Waals surface area contributed by atoms with Crippen molar-refractivity contribution in [2.75, 3.05) is 14.1 Å². The van der Waals surface area contributed by atoms with E-state index in [1.807, 2.05) is 60.7 Å². The van der Waals surface area contributed by atoms with Gasteiger partial charge in [-0.3, -0.25) is 4.79 Å². The summed E-state index contributed by atoms with van der Waals surface area (Å²) < 4.78 is 0. The van der Waals surface area contributed by atoms with Gasteiger partial charge >= 0.3 is 6.09 Å². The second kappa shape index (κ2) is 8.46. The maximum absolute atomic E-state index is 12.4. The van der Waals surface area contributed by atoms with E-state index in [-0.39, 0.29) is 11.8 Å². The Labute approximate surface area is 130 Å². The van der Waals surface area contributed by atoms with Crippen LogP contribution in [0.25, 0.3) is 0 Å². The largest absolute Gasteiger partial charge is 0.465 e. The van der Waals surface area contributed by atoms with E-state index in [1.165, 1.54) is 0 Å². The highest BCUT2D eigenvalue weighted by atomic mass is 16.4. The standard InChI is InChI=1S/C16H17NO.CH3NO2/c1-17(2)16(18)15(13-9-5-3-6-10-13)14-11-7-4-8-12-14;2-1(3)4/h3-12,15H,1-2H3;2H2,(H,3,4). The lowest BCUT2D eigenvalue weighted by atomic mass is 9.90. The molecule has 0 aliphatic carbocycles. The Kier molecular flexibility index (Phi) is 6.63. The zero-order valence-corrected chi connectivity index (χ0v) is 12.6. The van der Waals surface area contributed by atoms with E-state index in [9.17, 15) is 4.79 Å². The summed E-state index contributed by atoms with van der Waals surface area (Å²) in [6, 6.07) is 19.8. The third-order valence-electron chi connectivity index (χ3n) is 2.95. The number of nitrogens with two attached hydrogens (primary N) is 1. The monoisotopic (exact) mass is 300 g/mol. The van der Waals surface area contributed by atoms with Crippen LogP contribution in [0.5, 0.6) is 0 Å². The molecule has 0 fully saturated rings. The van der Waals surface area contributed by atoms with Crippen LogP contribution in [0.15, 0.2) is 60.7 Å². The number of hydrogen-bond acceptors (Lipinski definition) is 2. The third-order valence-corrected chi connectivity index (χ3v) is 2.95. The highest BCUT2D eigenvalue weighted by Crippen LogP contribution is 2.25. The minimum atomic E-state index is -1.33. The number of primary amides is 1. The molecule has 0 heterocycles. The number of carbonyl (C=O) groups is 2. The van der Waals surface area contributed by atoms with Gasteiger partial charge in [0.15, 0.2) is 0 Å². The second-order valence-corrected chi connectivity index (χ2v) is 4.83. The molecule has 3 N–H and O–H groups in total. The Morgan fingerprint density at radius 3 is 1.50 bits per heavy atom. The van der Waals surface area contributed by atoms with E-state index in [2.05, 4.69) is 5.73 Å². The van der Waals surface area contributed by atoms with Crippen molar-refractivity contribution in [3.63, 3.8) is 0 Å². The van der Waals surface area contributed by atoms with Gasteiger partial charge < -0.3 is 15.7 Å². The SMILES string of the molecule is CN(C)C(=O)C(c1ccccc1)c1ccccc1.NC(=O)O. The Hall–Kier alpha value is -2.82. The summed E-state index contributed by atoms with van der Waals surface area (Å²) in [6.07, 6.45) is -1.33. The molecule has 0 aromatic heterocycles. The van der Waals surface area contributed by atoms with Crippen molar-refractivity contribution in [2.24, 2.45) is 5.73 Å². The predicted molar refractivity (Wildman–Crippen MR) is 85.6 cm³/mol. The van der Waals surface area contributed by atoms with Gasteiger partial charge in [-0.1, -0.05) is 60.7 Å². The predicted octanol–water partition coefficient (Wildman–Crippen LogP) is 2.53. The normalized spacial score (nSPS) is 9.59. The lowest BCUT2D eigenvalue weighted by molar-refractivity contribution is -0.129. The maximum Gasteiger partial charge on any atom is 0.402 e. The molecule has 0 unspecified atom stereocenters. The van der Waals surface area contributed by atoms with Crippen LogP contribution in [0.3, 0.4) is 0 Å². The molecule has 0 aliphatic heterocycles. The molecular weight excluding hydrogens is 280 g/mol. The van der Waals surface area contributed by atoms with Gasteiger partial charge in [0.1, 0.15) is 0 Å². The van der Waals surface area contributed by atoms with Gasteiger partial charge in [-0.2, -0.15) is 0 Å². The number of nitrogens with zero attached hydrogens (tertiary/aromatic N) is 1. The number of carboxylic acid groups (broad SMARTS) is 1. The Balaban J connectivity index is 0.000000541. The van der Waals surface area contributed by atoms with E-state index in [0.717, 1.165) is 11.1 Å². The molecule has 0 bridgehead atoms. The van der Waals surface area contributed by atoms with Crippen LogP contribution >= 0.6 is 0 Å². The highest BCUT2D eigenvalue weighted by Gasteiger charge is 2.23. The zero-order chi connectivity index (χ0) is 16.5. The summed E-state index contributed by atoms with van der Waals surface area (Å²) in [5.41, 5.74) is 6.09. The average Bonchev–Trinajstić information content (AvgIpc) is 2.49. The fourth-order valence-corrected chi connectivity index (χ4v) is 2.03. The molecule has 2 aromatic carbocycles. The molecule has 2 amide bonds. The first kappa shape index (κ1) is 17.2. The van der Waals surface area contributed by atoms with Gasteiger partial charge in [0.2, 0.25) is 5.91 Å². The fourth-order valence-electron chi connectivity index (χ4n) is 2.03. The molecule has 0 radical (unpaired) electrons. The minimum Gasteiger partial charge on any atom is -0.465 e. The second-order valence-electron chi connectivity index (χ2n) is 4.83. The summed E-state index contributed by atoms with van der Waals surface area (Å²) in [6.45, 7) is 0. The number of carbonyl (C=O) groups excluding carboxylic acids is 1. The Morgan fingerprint density at radius 1 is 0.909 bits per heavy atom. The van der Waals surface area contributed by atoms with Crippen molar-refractivity contribution >= 4 is 12.0 Å². The van der Waals surface area contributed by atoms with E-state index >= 15 is 0 Å². The first-order valence-electron chi connectivity index (χ1n) is 6.73. The number of rotatable bonds is 3. The zero-order valence-electron chi connectivity index (χ0n) is 12.6. The van der Waals surface area contributed by atoms with Crippen LogP contribution in [0.4, 0.5) is 4.79 Å². The molecule has 0 aliphatic rings. The molecule has 5 nitrogen and oxygen atoms in total. The Bertz CT molecular complexity index is 554. The van der Waals surface area contributed by atoms with Crippen LogP contribution in [0.1, 0.15) is 17.0 Å². The molecule has 22 heavy (non-hydrogen) atoms. The number of benzene rings is 2. The summed E-state index contributed by atoms with van der Waals surface area (Å²) >= 11 is 0. The minimum absolute atomic E-state index is 0.104. The molecule has 0 atom stereocenters. The molecule has 116 valence electrons. The highest BCUT2D eigenvalue weighted by molar-refractivity contribution is 5.86. The van der Waals surface area contributed by atoms with Gasteiger partial charge in [0, 0.05) is 14.1 Å². The van der Waals surface area contributed by atoms with Crippen molar-refractivity contribution in [3.8, 4) is 0 Å². The van der Waals surface area contributed by atoms with E-state index in [0.29, 0.717) is 0 Å². The van der Waals surface area contributed by atoms with Gasteiger partial charge in [0.05, 0.1) is 5.92 Å². The summed E-state index contributed by atoms with van der Waals surface area (Å²) in [4.78, 5) is 22.8. The molecular formula is C17H20N2O3. The summed E-state index contributed by atoms with van der Waals surface area (Å²) in [5, 5.41) is 7.19. The number of hydrogen-bond donors (Lipinski definition) is 2. The smallest absolute Gasteiger partial charge is 0.402 e. The molecule has 0 spiro atoms. The average molecular weight is 300 g/mol. The van der Waals surface area contributed by atoms with Crippen LogP contribution in [0, 0.1) is 0 Å². The maximum atomic E-state index is 12.4. The van der Waals surface area contributed by atoms with Crippen LogP contribution < -0.4 is 5.73 Å². The quantitative estimate of drug-likeness (QED) is 0.913. The molecule has 0 saturated heterocycles. The van der Waals surface area contributed by atoms with E-state index < -0.39 is 6.09 Å². The molecule has 2 rings (SSSR count). The topological polar surface area (TPSA) is 83.6 Å². The van der Waals surface area contributed by atoms with Gasteiger partial charge in [-0.25, -0.2) is 4.79 Å². The first-order valence-corrected chi connectivity index (χ1v) is 6.73. The van der Waals surface area contributed by atoms with E-state index in [4.69, 9.17) is 9.90 Å².